The van der Waals surface area contributed by atoms with E-state index in [0.29, 0.717) is 5.56 Å². The van der Waals surface area contributed by atoms with Gasteiger partial charge in [-0.1, -0.05) is 24.3 Å². The number of hydrogen-bond acceptors (Lipinski definition) is 2. The van der Waals surface area contributed by atoms with E-state index in [9.17, 15) is 4.79 Å². The van der Waals surface area contributed by atoms with Gasteiger partial charge in [0.25, 0.3) is 5.91 Å². The van der Waals surface area contributed by atoms with E-state index < -0.39 is 0 Å². The average molecular weight is 317 g/mol. The first-order valence-corrected chi connectivity index (χ1v) is 7.02. The Kier molecular flexibility index (Phi) is 3.34. The van der Waals surface area contributed by atoms with Crippen LogP contribution in [0.25, 0.3) is 0 Å². The summed E-state index contributed by atoms with van der Waals surface area (Å²) >= 11 is 3.33. The van der Waals surface area contributed by atoms with Crippen LogP contribution in [0.2, 0.25) is 0 Å². The minimum absolute atomic E-state index is 0.0736. The van der Waals surface area contributed by atoms with Gasteiger partial charge in [-0.2, -0.15) is 0 Å². The molecule has 1 amide bonds. The first kappa shape index (κ1) is 12.4. The van der Waals surface area contributed by atoms with Gasteiger partial charge in [0, 0.05) is 16.9 Å². The number of amides is 1. The molecule has 0 radical (unpaired) electrons. The second kappa shape index (κ2) is 5.13. The molecule has 0 saturated carbocycles. The van der Waals surface area contributed by atoms with Gasteiger partial charge in [0.05, 0.1) is 11.6 Å². The summed E-state index contributed by atoms with van der Waals surface area (Å²) in [5, 5.41) is 3.08. The van der Waals surface area contributed by atoms with Crippen molar-refractivity contribution in [2.75, 3.05) is 0 Å². The summed E-state index contributed by atoms with van der Waals surface area (Å²) in [5.74, 6) is -0.0736. The van der Waals surface area contributed by atoms with Gasteiger partial charge < -0.3 is 5.32 Å². The fourth-order valence-electron chi connectivity index (χ4n) is 2.48. The van der Waals surface area contributed by atoms with Crippen molar-refractivity contribution in [2.45, 2.75) is 18.9 Å². The quantitative estimate of drug-likeness (QED) is 0.924. The number of rotatable bonds is 2. The van der Waals surface area contributed by atoms with E-state index >= 15 is 0 Å². The first-order chi connectivity index (χ1) is 9.24. The van der Waals surface area contributed by atoms with Gasteiger partial charge in [-0.15, -0.1) is 0 Å². The van der Waals surface area contributed by atoms with Crippen molar-refractivity contribution in [3.8, 4) is 0 Å². The molecule has 19 heavy (non-hydrogen) atoms. The highest BCUT2D eigenvalue weighted by atomic mass is 79.9. The number of benzene rings is 1. The van der Waals surface area contributed by atoms with Crippen molar-refractivity contribution in [3.05, 3.63) is 63.9 Å². The zero-order chi connectivity index (χ0) is 13.2. The number of halogens is 1. The Bertz CT molecular complexity index is 627. The first-order valence-electron chi connectivity index (χ1n) is 6.23. The molecule has 96 valence electrons. The van der Waals surface area contributed by atoms with Crippen LogP contribution in [-0.4, -0.2) is 10.9 Å². The van der Waals surface area contributed by atoms with Crippen LogP contribution in [0.4, 0.5) is 0 Å². The van der Waals surface area contributed by atoms with Crippen molar-refractivity contribution >= 4 is 21.8 Å². The van der Waals surface area contributed by atoms with Crippen LogP contribution in [0.5, 0.6) is 0 Å². The highest BCUT2D eigenvalue weighted by Crippen LogP contribution is 2.30. The molecule has 1 N–H and O–H groups in total. The highest BCUT2D eigenvalue weighted by molar-refractivity contribution is 9.10. The monoisotopic (exact) mass is 316 g/mol. The lowest BCUT2D eigenvalue weighted by atomic mass is 10.1. The number of aryl methyl sites for hydroxylation is 1. The molecule has 3 rings (SSSR count). The molecule has 0 spiro atoms. The number of pyridine rings is 1. The molecule has 0 bridgehead atoms. The van der Waals surface area contributed by atoms with Gasteiger partial charge in [-0.3, -0.25) is 9.78 Å². The third kappa shape index (κ3) is 2.54. The molecule has 1 unspecified atom stereocenters. The predicted octanol–water partition coefficient (Wildman–Crippen LogP) is 3.26. The Morgan fingerprint density at radius 2 is 2.16 bits per heavy atom. The molecule has 3 nitrogen and oxygen atoms in total. The third-order valence-corrected chi connectivity index (χ3v) is 3.84. The lowest BCUT2D eigenvalue weighted by Gasteiger charge is -2.14. The van der Waals surface area contributed by atoms with Crippen LogP contribution in [0.15, 0.2) is 47.2 Å². The van der Waals surface area contributed by atoms with E-state index in [-0.39, 0.29) is 11.9 Å². The summed E-state index contributed by atoms with van der Waals surface area (Å²) in [4.78, 5) is 16.2. The third-order valence-electron chi connectivity index (χ3n) is 3.41. The molecule has 4 heteroatoms. The molecule has 1 atom stereocenters. The fourth-order valence-corrected chi connectivity index (χ4v) is 2.85. The topological polar surface area (TPSA) is 42.0 Å². The maximum atomic E-state index is 12.2. The van der Waals surface area contributed by atoms with Gasteiger partial charge in [0.1, 0.15) is 0 Å². The second-order valence-electron chi connectivity index (χ2n) is 4.66. The van der Waals surface area contributed by atoms with Gasteiger partial charge in [-0.25, -0.2) is 0 Å². The Morgan fingerprint density at radius 3 is 3.00 bits per heavy atom. The number of carbonyl (C=O) groups excluding carboxylic acids is 1. The number of hydrogen-bond donors (Lipinski definition) is 1. The van der Waals surface area contributed by atoms with Gasteiger partial charge >= 0.3 is 0 Å². The van der Waals surface area contributed by atoms with Crippen molar-refractivity contribution in [1.29, 1.82) is 0 Å². The van der Waals surface area contributed by atoms with Crippen LogP contribution >= 0.6 is 15.9 Å². The summed E-state index contributed by atoms with van der Waals surface area (Å²) in [6.07, 6.45) is 5.24. The summed E-state index contributed by atoms with van der Waals surface area (Å²) < 4.78 is 0.812. The molecule has 0 aliphatic heterocycles. The Balaban J connectivity index is 1.78. The number of nitrogens with zero attached hydrogens (tertiary/aromatic N) is 1. The molecule has 0 saturated heterocycles. The number of nitrogens with one attached hydrogen (secondary N) is 1. The number of carbonyl (C=O) groups is 1. The minimum atomic E-state index is -0.0736. The number of fused-ring (bicyclic) bond motifs is 1. The predicted molar refractivity (Wildman–Crippen MR) is 76.9 cm³/mol. The standard InChI is InChI=1S/C15H13BrN2O/c16-12-7-11(8-17-9-12)15(19)18-14-6-5-10-3-1-2-4-13(10)14/h1-4,7-9,14H,5-6H2,(H,18,19). The molecular formula is C15H13BrN2O. The normalized spacial score (nSPS) is 17.0. The fraction of sp³-hybridized carbons (Fsp3) is 0.200. The summed E-state index contributed by atoms with van der Waals surface area (Å²) in [6.45, 7) is 0. The van der Waals surface area contributed by atoms with E-state index in [2.05, 4.69) is 38.4 Å². The Labute approximate surface area is 120 Å². The Morgan fingerprint density at radius 1 is 1.32 bits per heavy atom. The lowest BCUT2D eigenvalue weighted by molar-refractivity contribution is 0.0936. The lowest BCUT2D eigenvalue weighted by Crippen LogP contribution is -2.27. The van der Waals surface area contributed by atoms with Crippen LogP contribution in [-0.2, 0) is 6.42 Å². The second-order valence-corrected chi connectivity index (χ2v) is 5.57. The summed E-state index contributed by atoms with van der Waals surface area (Å²) in [6, 6.07) is 10.2. The maximum Gasteiger partial charge on any atom is 0.253 e. The molecule has 1 aliphatic rings. The van der Waals surface area contributed by atoms with E-state index in [1.165, 1.54) is 11.1 Å². The molecule has 0 fully saturated rings. The minimum Gasteiger partial charge on any atom is -0.345 e. The van der Waals surface area contributed by atoms with Crippen LogP contribution in [0.3, 0.4) is 0 Å². The van der Waals surface area contributed by atoms with E-state index in [1.807, 2.05) is 12.1 Å². The van der Waals surface area contributed by atoms with E-state index in [1.54, 1.807) is 18.5 Å². The molecule has 1 aromatic heterocycles. The van der Waals surface area contributed by atoms with Crippen molar-refractivity contribution in [3.63, 3.8) is 0 Å². The largest absolute Gasteiger partial charge is 0.345 e. The zero-order valence-corrected chi connectivity index (χ0v) is 11.9. The molecule has 1 aromatic carbocycles. The van der Waals surface area contributed by atoms with E-state index in [4.69, 9.17) is 0 Å². The van der Waals surface area contributed by atoms with Crippen molar-refractivity contribution in [2.24, 2.45) is 0 Å². The molecular weight excluding hydrogens is 304 g/mol. The van der Waals surface area contributed by atoms with Crippen LogP contribution < -0.4 is 5.32 Å². The van der Waals surface area contributed by atoms with Crippen LogP contribution in [0.1, 0.15) is 33.9 Å². The van der Waals surface area contributed by atoms with Crippen molar-refractivity contribution in [1.82, 2.24) is 10.3 Å². The SMILES string of the molecule is O=C(NC1CCc2ccccc21)c1cncc(Br)c1. The summed E-state index contributed by atoms with van der Waals surface area (Å²) in [7, 11) is 0. The molecule has 1 aliphatic carbocycles. The van der Waals surface area contributed by atoms with Crippen molar-refractivity contribution < 1.29 is 4.79 Å². The smallest absolute Gasteiger partial charge is 0.253 e. The molecule has 2 aromatic rings. The Hall–Kier alpha value is -1.68. The zero-order valence-electron chi connectivity index (χ0n) is 10.3. The van der Waals surface area contributed by atoms with E-state index in [0.717, 1.165) is 17.3 Å². The van der Waals surface area contributed by atoms with Gasteiger partial charge in [-0.05, 0) is 46.0 Å². The van der Waals surface area contributed by atoms with Gasteiger partial charge in [0.15, 0.2) is 0 Å². The summed E-state index contributed by atoms with van der Waals surface area (Å²) in [5.41, 5.74) is 3.15. The average Bonchev–Trinajstić information content (AvgIpc) is 2.82. The molecule has 1 heterocycles. The van der Waals surface area contributed by atoms with Crippen LogP contribution in [0, 0.1) is 0 Å². The maximum absolute atomic E-state index is 12.2. The number of aromatic nitrogens is 1. The van der Waals surface area contributed by atoms with Gasteiger partial charge in [0.2, 0.25) is 0 Å². The highest BCUT2D eigenvalue weighted by Gasteiger charge is 2.23.